The van der Waals surface area contributed by atoms with Crippen LogP contribution < -0.4 is 10.6 Å². The average Bonchev–Trinajstić information content (AvgIpc) is 2.78. The van der Waals surface area contributed by atoms with Crippen LogP contribution in [-0.2, 0) is 14.3 Å². The predicted molar refractivity (Wildman–Crippen MR) is 108 cm³/mol. The topological polar surface area (TPSA) is 91.0 Å². The van der Waals surface area contributed by atoms with Crippen LogP contribution in [0.3, 0.4) is 0 Å². The molecule has 1 aromatic rings. The number of benzene rings is 1. The molecule has 0 aromatic heterocycles. The molecule has 2 saturated heterocycles. The number of nitrogens with one attached hydrogen (secondary N) is 2. The van der Waals surface area contributed by atoms with Gasteiger partial charge < -0.3 is 20.3 Å². The smallest absolute Gasteiger partial charge is 0.251 e. The van der Waals surface area contributed by atoms with Gasteiger partial charge in [-0.05, 0) is 25.0 Å². The van der Waals surface area contributed by atoms with E-state index in [9.17, 15) is 14.4 Å². The quantitative estimate of drug-likeness (QED) is 0.675. The second-order valence-corrected chi connectivity index (χ2v) is 7.45. The minimum Gasteiger partial charge on any atom is -0.379 e. The maximum absolute atomic E-state index is 12.4. The minimum absolute atomic E-state index is 0.0237. The van der Waals surface area contributed by atoms with Gasteiger partial charge in [0.25, 0.3) is 5.91 Å². The van der Waals surface area contributed by atoms with Gasteiger partial charge in [-0.3, -0.25) is 19.3 Å². The highest BCUT2D eigenvalue weighted by molar-refractivity contribution is 5.96. The van der Waals surface area contributed by atoms with E-state index in [0.29, 0.717) is 38.0 Å². The SMILES string of the molecule is O=C(NCC(=O)N1CCC(C(=O)NCCN2CCOCC2)CC1)c1ccccc1. The molecule has 3 rings (SSSR count). The van der Waals surface area contributed by atoms with Crippen LogP contribution in [0.1, 0.15) is 23.2 Å². The van der Waals surface area contributed by atoms with Gasteiger partial charge >= 0.3 is 0 Å². The summed E-state index contributed by atoms with van der Waals surface area (Å²) in [5.41, 5.74) is 0.535. The normalized spacial score (nSPS) is 18.3. The average molecular weight is 402 g/mol. The number of hydrogen-bond donors (Lipinski definition) is 2. The Hall–Kier alpha value is -2.45. The lowest BCUT2D eigenvalue weighted by atomic mass is 9.96. The molecular formula is C21H30N4O4. The first-order valence-electron chi connectivity index (χ1n) is 10.3. The molecule has 2 fully saturated rings. The molecule has 8 heteroatoms. The molecule has 2 aliphatic rings. The standard InChI is InChI=1S/C21H30N4O4/c26-19(16-23-21(28)17-4-2-1-3-5-17)25-9-6-18(7-10-25)20(27)22-8-11-24-12-14-29-15-13-24/h1-5,18H,6-16H2,(H,22,27)(H,23,28). The number of carbonyl (C=O) groups is 3. The Morgan fingerprint density at radius 3 is 2.34 bits per heavy atom. The second-order valence-electron chi connectivity index (χ2n) is 7.45. The lowest BCUT2D eigenvalue weighted by Gasteiger charge is -2.32. The zero-order valence-corrected chi connectivity index (χ0v) is 16.8. The highest BCUT2D eigenvalue weighted by atomic mass is 16.5. The van der Waals surface area contributed by atoms with Crippen molar-refractivity contribution < 1.29 is 19.1 Å². The number of amides is 3. The minimum atomic E-state index is -0.256. The largest absolute Gasteiger partial charge is 0.379 e. The predicted octanol–water partition coefficient (Wildman–Crippen LogP) is 0.103. The summed E-state index contributed by atoms with van der Waals surface area (Å²) in [7, 11) is 0. The number of carbonyl (C=O) groups excluding carboxylic acids is 3. The summed E-state index contributed by atoms with van der Waals surface area (Å²) in [6.45, 7) is 5.89. The summed E-state index contributed by atoms with van der Waals surface area (Å²) in [5.74, 6) is -0.348. The summed E-state index contributed by atoms with van der Waals surface area (Å²) < 4.78 is 5.32. The fraction of sp³-hybridized carbons (Fsp3) is 0.571. The van der Waals surface area contributed by atoms with Crippen molar-refractivity contribution in [3.8, 4) is 0 Å². The molecule has 1 aromatic carbocycles. The lowest BCUT2D eigenvalue weighted by Crippen LogP contribution is -2.47. The van der Waals surface area contributed by atoms with Crippen LogP contribution in [0.25, 0.3) is 0 Å². The van der Waals surface area contributed by atoms with Crippen molar-refractivity contribution in [2.24, 2.45) is 5.92 Å². The molecule has 2 heterocycles. The zero-order chi connectivity index (χ0) is 20.5. The Labute approximate surface area is 171 Å². The van der Waals surface area contributed by atoms with Gasteiger partial charge in [-0.15, -0.1) is 0 Å². The summed E-state index contributed by atoms with van der Waals surface area (Å²) in [5, 5.41) is 5.69. The van der Waals surface area contributed by atoms with E-state index in [1.807, 2.05) is 6.07 Å². The summed E-state index contributed by atoms with van der Waals surface area (Å²) >= 11 is 0. The third kappa shape index (κ3) is 6.54. The van der Waals surface area contributed by atoms with E-state index in [1.54, 1.807) is 29.2 Å². The summed E-state index contributed by atoms with van der Waals surface area (Å²) in [4.78, 5) is 40.8. The zero-order valence-electron chi connectivity index (χ0n) is 16.8. The molecule has 0 saturated carbocycles. The van der Waals surface area contributed by atoms with E-state index in [4.69, 9.17) is 4.74 Å². The first kappa shape index (κ1) is 21.3. The van der Waals surface area contributed by atoms with Crippen LogP contribution in [0.2, 0.25) is 0 Å². The van der Waals surface area contributed by atoms with Crippen LogP contribution in [0.4, 0.5) is 0 Å². The van der Waals surface area contributed by atoms with Crippen LogP contribution >= 0.6 is 0 Å². The third-order valence-corrected chi connectivity index (χ3v) is 5.49. The Morgan fingerprint density at radius 1 is 0.966 bits per heavy atom. The summed E-state index contributed by atoms with van der Waals surface area (Å²) in [6.07, 6.45) is 1.31. The van der Waals surface area contributed by atoms with Crippen molar-refractivity contribution in [3.05, 3.63) is 35.9 Å². The molecule has 0 unspecified atom stereocenters. The molecular weight excluding hydrogens is 372 g/mol. The molecule has 158 valence electrons. The maximum Gasteiger partial charge on any atom is 0.251 e. The monoisotopic (exact) mass is 402 g/mol. The van der Waals surface area contributed by atoms with Crippen molar-refractivity contribution in [1.29, 1.82) is 0 Å². The number of likely N-dealkylation sites (tertiary alicyclic amines) is 1. The van der Waals surface area contributed by atoms with Crippen molar-refractivity contribution >= 4 is 17.7 Å². The molecule has 2 aliphatic heterocycles. The van der Waals surface area contributed by atoms with E-state index in [1.165, 1.54) is 0 Å². The van der Waals surface area contributed by atoms with Gasteiger partial charge in [0, 0.05) is 50.7 Å². The van der Waals surface area contributed by atoms with Crippen molar-refractivity contribution in [1.82, 2.24) is 20.4 Å². The van der Waals surface area contributed by atoms with Crippen LogP contribution in [0.15, 0.2) is 30.3 Å². The van der Waals surface area contributed by atoms with Gasteiger partial charge in [-0.1, -0.05) is 18.2 Å². The van der Waals surface area contributed by atoms with E-state index in [0.717, 1.165) is 32.8 Å². The molecule has 29 heavy (non-hydrogen) atoms. The number of ether oxygens (including phenoxy) is 1. The lowest BCUT2D eigenvalue weighted by molar-refractivity contribution is -0.134. The molecule has 2 N–H and O–H groups in total. The first-order valence-corrected chi connectivity index (χ1v) is 10.3. The molecule has 3 amide bonds. The Bertz CT molecular complexity index is 683. The molecule has 0 aliphatic carbocycles. The van der Waals surface area contributed by atoms with Crippen molar-refractivity contribution in [2.75, 3.05) is 59.0 Å². The number of piperidine rings is 1. The Balaban J connectivity index is 1.32. The molecule has 0 atom stereocenters. The molecule has 0 spiro atoms. The summed E-state index contributed by atoms with van der Waals surface area (Å²) in [6, 6.07) is 8.83. The van der Waals surface area contributed by atoms with Gasteiger partial charge in [0.1, 0.15) is 0 Å². The van der Waals surface area contributed by atoms with E-state index in [-0.39, 0.29) is 30.2 Å². The van der Waals surface area contributed by atoms with Crippen molar-refractivity contribution in [2.45, 2.75) is 12.8 Å². The third-order valence-electron chi connectivity index (χ3n) is 5.49. The second kappa shape index (κ2) is 10.9. The molecule has 8 nitrogen and oxygen atoms in total. The Morgan fingerprint density at radius 2 is 1.66 bits per heavy atom. The van der Waals surface area contributed by atoms with Crippen LogP contribution in [0.5, 0.6) is 0 Å². The van der Waals surface area contributed by atoms with Crippen molar-refractivity contribution in [3.63, 3.8) is 0 Å². The van der Waals surface area contributed by atoms with Crippen LogP contribution in [-0.4, -0.2) is 86.5 Å². The maximum atomic E-state index is 12.4. The van der Waals surface area contributed by atoms with Gasteiger partial charge in [0.15, 0.2) is 0 Å². The van der Waals surface area contributed by atoms with Gasteiger partial charge in [0.2, 0.25) is 11.8 Å². The van der Waals surface area contributed by atoms with Crippen LogP contribution in [0, 0.1) is 5.92 Å². The van der Waals surface area contributed by atoms with Gasteiger partial charge in [-0.25, -0.2) is 0 Å². The fourth-order valence-corrected chi connectivity index (χ4v) is 3.66. The fourth-order valence-electron chi connectivity index (χ4n) is 3.66. The van der Waals surface area contributed by atoms with Gasteiger partial charge in [-0.2, -0.15) is 0 Å². The highest BCUT2D eigenvalue weighted by Crippen LogP contribution is 2.17. The number of hydrogen-bond acceptors (Lipinski definition) is 5. The highest BCUT2D eigenvalue weighted by Gasteiger charge is 2.27. The van der Waals surface area contributed by atoms with E-state index >= 15 is 0 Å². The van der Waals surface area contributed by atoms with E-state index in [2.05, 4.69) is 15.5 Å². The first-order chi connectivity index (χ1) is 14.1. The van der Waals surface area contributed by atoms with Gasteiger partial charge in [0.05, 0.1) is 19.8 Å². The molecule has 0 radical (unpaired) electrons. The van der Waals surface area contributed by atoms with E-state index < -0.39 is 0 Å². The number of nitrogens with zero attached hydrogens (tertiary/aromatic N) is 2. The molecule has 0 bridgehead atoms. The number of rotatable bonds is 7. The number of morpholine rings is 1. The Kier molecular flexibility index (Phi) is 8.01.